The highest BCUT2D eigenvalue weighted by Crippen LogP contribution is 2.16. The number of nitrogens with one attached hydrogen (secondary N) is 1. The maximum Gasteiger partial charge on any atom is 0.227 e. The van der Waals surface area contributed by atoms with E-state index in [-0.39, 0.29) is 11.9 Å². The van der Waals surface area contributed by atoms with Crippen LogP contribution < -0.4 is 5.32 Å². The molecule has 1 N–H and O–H groups in total. The lowest BCUT2D eigenvalue weighted by molar-refractivity contribution is -0.121. The topological polar surface area (TPSA) is 68.0 Å². The summed E-state index contributed by atoms with van der Waals surface area (Å²) in [6.45, 7) is 6.15. The molecule has 22 heavy (non-hydrogen) atoms. The zero-order valence-electron chi connectivity index (χ0n) is 13.4. The second kappa shape index (κ2) is 7.73. The van der Waals surface area contributed by atoms with Crippen LogP contribution in [0, 0.1) is 6.92 Å². The van der Waals surface area contributed by atoms with Crippen LogP contribution in [0.5, 0.6) is 0 Å². The van der Waals surface area contributed by atoms with Gasteiger partial charge in [0.25, 0.3) is 0 Å². The summed E-state index contributed by atoms with van der Waals surface area (Å²) in [7, 11) is 0. The zero-order chi connectivity index (χ0) is 15.9. The first kappa shape index (κ1) is 16.2. The molecule has 0 bridgehead atoms. The van der Waals surface area contributed by atoms with Crippen molar-refractivity contribution in [1.82, 2.24) is 15.5 Å². The van der Waals surface area contributed by atoms with Crippen molar-refractivity contribution >= 4 is 5.91 Å². The lowest BCUT2D eigenvalue weighted by Crippen LogP contribution is -2.32. The third kappa shape index (κ3) is 4.69. The smallest absolute Gasteiger partial charge is 0.227 e. The van der Waals surface area contributed by atoms with Crippen molar-refractivity contribution in [3.05, 3.63) is 35.7 Å². The second-order valence-electron chi connectivity index (χ2n) is 5.63. The van der Waals surface area contributed by atoms with Crippen LogP contribution in [-0.4, -0.2) is 22.1 Å². The van der Waals surface area contributed by atoms with E-state index in [1.807, 2.05) is 38.1 Å². The molecule has 1 aromatic heterocycles. The van der Waals surface area contributed by atoms with Gasteiger partial charge in [0, 0.05) is 24.4 Å². The van der Waals surface area contributed by atoms with Gasteiger partial charge in [-0.2, -0.15) is 4.98 Å². The van der Waals surface area contributed by atoms with E-state index in [0.717, 1.165) is 18.4 Å². The molecule has 0 aliphatic carbocycles. The SMILES string of the molecule is CCC[C@@H](C)NC(=O)CCc1nc(-c2ccc(C)cc2)no1. The van der Waals surface area contributed by atoms with Crippen LogP contribution >= 0.6 is 0 Å². The van der Waals surface area contributed by atoms with Gasteiger partial charge in [-0.3, -0.25) is 4.79 Å². The molecule has 1 aromatic carbocycles. The summed E-state index contributed by atoms with van der Waals surface area (Å²) < 4.78 is 5.21. The molecule has 5 heteroatoms. The Morgan fingerprint density at radius 3 is 2.73 bits per heavy atom. The summed E-state index contributed by atoms with van der Waals surface area (Å²) in [5.41, 5.74) is 2.10. The Morgan fingerprint density at radius 1 is 1.32 bits per heavy atom. The van der Waals surface area contributed by atoms with Gasteiger partial charge >= 0.3 is 0 Å². The number of carbonyl (C=O) groups is 1. The highest BCUT2D eigenvalue weighted by Gasteiger charge is 2.11. The van der Waals surface area contributed by atoms with Crippen LogP contribution in [-0.2, 0) is 11.2 Å². The zero-order valence-corrected chi connectivity index (χ0v) is 13.4. The molecule has 0 unspecified atom stereocenters. The summed E-state index contributed by atoms with van der Waals surface area (Å²) in [5.74, 6) is 1.08. The van der Waals surface area contributed by atoms with Crippen LogP contribution in [0.15, 0.2) is 28.8 Å². The minimum atomic E-state index is 0.0241. The average Bonchev–Trinajstić information content (AvgIpc) is 2.95. The minimum Gasteiger partial charge on any atom is -0.354 e. The van der Waals surface area contributed by atoms with Crippen LogP contribution in [0.4, 0.5) is 0 Å². The minimum absolute atomic E-state index is 0.0241. The molecule has 1 amide bonds. The third-order valence-electron chi connectivity index (χ3n) is 3.47. The first-order chi connectivity index (χ1) is 10.6. The van der Waals surface area contributed by atoms with Crippen LogP contribution in [0.25, 0.3) is 11.4 Å². The van der Waals surface area contributed by atoms with Crippen molar-refractivity contribution in [1.29, 1.82) is 0 Å². The van der Waals surface area contributed by atoms with Crippen LogP contribution in [0.3, 0.4) is 0 Å². The summed E-state index contributed by atoms with van der Waals surface area (Å²) in [4.78, 5) is 16.2. The molecular formula is C17H23N3O2. The number of hydrogen-bond donors (Lipinski definition) is 1. The van der Waals surface area contributed by atoms with E-state index in [2.05, 4.69) is 22.4 Å². The molecule has 0 saturated heterocycles. The molecule has 1 heterocycles. The Balaban J connectivity index is 1.87. The molecule has 0 aliphatic heterocycles. The normalized spacial score (nSPS) is 12.1. The number of aryl methyl sites for hydroxylation is 2. The van der Waals surface area contributed by atoms with E-state index >= 15 is 0 Å². The number of amides is 1. The molecule has 5 nitrogen and oxygen atoms in total. The molecule has 0 spiro atoms. The van der Waals surface area contributed by atoms with E-state index in [1.165, 1.54) is 5.56 Å². The third-order valence-corrected chi connectivity index (χ3v) is 3.47. The van der Waals surface area contributed by atoms with Crippen molar-refractivity contribution in [3.8, 4) is 11.4 Å². The largest absolute Gasteiger partial charge is 0.354 e. The lowest BCUT2D eigenvalue weighted by atomic mass is 10.1. The molecule has 118 valence electrons. The van der Waals surface area contributed by atoms with Crippen molar-refractivity contribution in [2.24, 2.45) is 0 Å². The van der Waals surface area contributed by atoms with Gasteiger partial charge in [-0.05, 0) is 20.3 Å². The Bertz CT molecular complexity index is 605. The van der Waals surface area contributed by atoms with Gasteiger partial charge in [0.15, 0.2) is 0 Å². The van der Waals surface area contributed by atoms with E-state index in [9.17, 15) is 4.79 Å². The summed E-state index contributed by atoms with van der Waals surface area (Å²) in [6.07, 6.45) is 2.88. The van der Waals surface area contributed by atoms with E-state index in [0.29, 0.717) is 24.6 Å². The number of nitrogens with zero attached hydrogens (tertiary/aromatic N) is 2. The number of benzene rings is 1. The molecule has 0 saturated carbocycles. The van der Waals surface area contributed by atoms with E-state index in [4.69, 9.17) is 4.52 Å². The number of rotatable bonds is 7. The predicted octanol–water partition coefficient (Wildman–Crippen LogP) is 3.28. The maximum atomic E-state index is 11.8. The average molecular weight is 301 g/mol. The standard InChI is InChI=1S/C17H23N3O2/c1-4-5-13(3)18-15(21)10-11-16-19-17(20-22-16)14-8-6-12(2)7-9-14/h6-9,13H,4-5,10-11H2,1-3H3,(H,18,21)/t13-/m1/s1. The molecule has 2 aromatic rings. The number of hydrogen-bond acceptors (Lipinski definition) is 4. The second-order valence-corrected chi connectivity index (χ2v) is 5.63. The number of aromatic nitrogens is 2. The van der Waals surface area contributed by atoms with E-state index in [1.54, 1.807) is 0 Å². The van der Waals surface area contributed by atoms with Crippen molar-refractivity contribution < 1.29 is 9.32 Å². The summed E-state index contributed by atoms with van der Waals surface area (Å²) >= 11 is 0. The first-order valence-corrected chi connectivity index (χ1v) is 7.77. The van der Waals surface area contributed by atoms with Crippen molar-refractivity contribution in [2.75, 3.05) is 0 Å². The highest BCUT2D eigenvalue weighted by molar-refractivity contribution is 5.76. The molecule has 0 fully saturated rings. The monoisotopic (exact) mass is 301 g/mol. The Morgan fingerprint density at radius 2 is 2.05 bits per heavy atom. The quantitative estimate of drug-likeness (QED) is 0.852. The Kier molecular flexibility index (Phi) is 5.69. The lowest BCUT2D eigenvalue weighted by Gasteiger charge is -2.11. The van der Waals surface area contributed by atoms with Gasteiger partial charge in [0.2, 0.25) is 17.6 Å². The van der Waals surface area contributed by atoms with Crippen molar-refractivity contribution in [3.63, 3.8) is 0 Å². The molecule has 2 rings (SSSR count). The summed E-state index contributed by atoms with van der Waals surface area (Å²) in [5, 5.41) is 6.93. The highest BCUT2D eigenvalue weighted by atomic mass is 16.5. The fourth-order valence-electron chi connectivity index (χ4n) is 2.25. The van der Waals surface area contributed by atoms with Gasteiger partial charge in [-0.15, -0.1) is 0 Å². The van der Waals surface area contributed by atoms with Crippen LogP contribution in [0.2, 0.25) is 0 Å². The molecular weight excluding hydrogens is 278 g/mol. The summed E-state index contributed by atoms with van der Waals surface area (Å²) in [6, 6.07) is 8.15. The van der Waals surface area contributed by atoms with Gasteiger partial charge in [0.05, 0.1) is 0 Å². The molecule has 0 aliphatic rings. The Labute approximate surface area is 131 Å². The van der Waals surface area contributed by atoms with Gasteiger partial charge in [-0.1, -0.05) is 48.3 Å². The van der Waals surface area contributed by atoms with Crippen LogP contribution in [0.1, 0.15) is 44.6 Å². The van der Waals surface area contributed by atoms with Gasteiger partial charge in [-0.25, -0.2) is 0 Å². The first-order valence-electron chi connectivity index (χ1n) is 7.77. The fraction of sp³-hybridized carbons (Fsp3) is 0.471. The van der Waals surface area contributed by atoms with E-state index < -0.39 is 0 Å². The van der Waals surface area contributed by atoms with Gasteiger partial charge in [0.1, 0.15) is 0 Å². The maximum absolute atomic E-state index is 11.8. The van der Waals surface area contributed by atoms with Crippen molar-refractivity contribution in [2.45, 2.75) is 52.5 Å². The predicted molar refractivity (Wildman–Crippen MR) is 85.3 cm³/mol. The fourth-order valence-corrected chi connectivity index (χ4v) is 2.25. The molecule has 0 radical (unpaired) electrons. The van der Waals surface area contributed by atoms with Gasteiger partial charge < -0.3 is 9.84 Å². The number of carbonyl (C=O) groups excluding carboxylic acids is 1. The molecule has 1 atom stereocenters. The Hall–Kier alpha value is -2.17.